The number of rotatable bonds is 10. The van der Waals surface area contributed by atoms with E-state index in [9.17, 15) is 22.8 Å². The largest absolute Gasteiger partial charge is 0.573 e. The Morgan fingerprint density at radius 2 is 1.88 bits per heavy atom. The van der Waals surface area contributed by atoms with Crippen molar-refractivity contribution in [2.24, 2.45) is 0 Å². The molecule has 8 nitrogen and oxygen atoms in total. The first kappa shape index (κ1) is 25.8. The number of likely N-dealkylation sites (N-methyl/N-ethyl adjacent to an activating group) is 1. The Balaban J connectivity index is 1.42. The maximum absolute atomic E-state index is 12.8. The van der Waals surface area contributed by atoms with Gasteiger partial charge in [-0.1, -0.05) is 13.8 Å². The van der Waals surface area contributed by atoms with Crippen molar-refractivity contribution in [1.29, 1.82) is 0 Å². The zero-order valence-electron chi connectivity index (χ0n) is 18.9. The molecule has 1 N–H and O–H groups in total. The minimum atomic E-state index is -4.77. The van der Waals surface area contributed by atoms with Crippen LogP contribution >= 0.6 is 11.3 Å². The van der Waals surface area contributed by atoms with Crippen LogP contribution in [0, 0.1) is 0 Å². The highest BCUT2D eigenvalue weighted by atomic mass is 32.1. The molecule has 34 heavy (non-hydrogen) atoms. The van der Waals surface area contributed by atoms with E-state index in [1.807, 2.05) is 4.90 Å². The molecule has 0 spiro atoms. The Bertz CT molecular complexity index is 964. The van der Waals surface area contributed by atoms with E-state index in [4.69, 9.17) is 4.74 Å². The van der Waals surface area contributed by atoms with Crippen LogP contribution in [0.2, 0.25) is 0 Å². The SMILES string of the molecule is CCN(CC)C1CCN(C(=O)c2csc(CNC(=O)COc3ccc(OC(F)(F)F)cc3)n2)C1. The second-order valence-corrected chi connectivity index (χ2v) is 8.57. The van der Waals surface area contributed by atoms with Gasteiger partial charge in [0.1, 0.15) is 22.2 Å². The smallest absolute Gasteiger partial charge is 0.484 e. The number of nitrogens with zero attached hydrogens (tertiary/aromatic N) is 3. The average Bonchev–Trinajstić information content (AvgIpc) is 3.47. The molecule has 186 valence electrons. The van der Waals surface area contributed by atoms with E-state index in [2.05, 4.69) is 33.8 Å². The molecule has 3 rings (SSSR count). The Morgan fingerprint density at radius 1 is 1.21 bits per heavy atom. The van der Waals surface area contributed by atoms with Gasteiger partial charge in [0.2, 0.25) is 0 Å². The molecule has 1 aliphatic heterocycles. The topological polar surface area (TPSA) is 84.0 Å². The third-order valence-electron chi connectivity index (χ3n) is 5.41. The summed E-state index contributed by atoms with van der Waals surface area (Å²) in [7, 11) is 0. The third kappa shape index (κ3) is 7.32. The normalized spacial score (nSPS) is 16.1. The molecular weight excluding hydrogens is 473 g/mol. The lowest BCUT2D eigenvalue weighted by molar-refractivity contribution is -0.274. The number of carbonyl (C=O) groups is 2. The van der Waals surface area contributed by atoms with Crippen LogP contribution in [0.4, 0.5) is 13.2 Å². The molecule has 1 unspecified atom stereocenters. The quantitative estimate of drug-likeness (QED) is 0.539. The van der Waals surface area contributed by atoms with Gasteiger partial charge >= 0.3 is 6.36 Å². The number of alkyl halides is 3. The van der Waals surface area contributed by atoms with E-state index in [0.717, 1.165) is 31.6 Å². The fourth-order valence-electron chi connectivity index (χ4n) is 3.73. The fourth-order valence-corrected chi connectivity index (χ4v) is 4.44. The summed E-state index contributed by atoms with van der Waals surface area (Å²) in [6.45, 7) is 7.33. The highest BCUT2D eigenvalue weighted by Crippen LogP contribution is 2.24. The van der Waals surface area contributed by atoms with Gasteiger partial charge < -0.3 is 19.7 Å². The lowest BCUT2D eigenvalue weighted by atomic mass is 10.2. The summed E-state index contributed by atoms with van der Waals surface area (Å²) in [6, 6.07) is 5.11. The van der Waals surface area contributed by atoms with Gasteiger partial charge in [-0.25, -0.2) is 4.98 Å². The Morgan fingerprint density at radius 3 is 2.53 bits per heavy atom. The molecule has 1 fully saturated rings. The van der Waals surface area contributed by atoms with Crippen molar-refractivity contribution in [2.75, 3.05) is 32.8 Å². The zero-order chi connectivity index (χ0) is 24.7. The molecule has 0 bridgehead atoms. The maximum atomic E-state index is 12.8. The minimum absolute atomic E-state index is 0.107. The predicted octanol–water partition coefficient (Wildman–Crippen LogP) is 3.29. The van der Waals surface area contributed by atoms with Crippen molar-refractivity contribution in [3.8, 4) is 11.5 Å². The molecule has 1 atom stereocenters. The molecule has 2 heterocycles. The van der Waals surface area contributed by atoms with E-state index >= 15 is 0 Å². The van der Waals surface area contributed by atoms with Gasteiger partial charge in [-0.3, -0.25) is 14.5 Å². The lowest BCUT2D eigenvalue weighted by Crippen LogP contribution is -2.38. The average molecular weight is 501 g/mol. The highest BCUT2D eigenvalue weighted by molar-refractivity contribution is 7.09. The number of hydrogen-bond acceptors (Lipinski definition) is 7. The highest BCUT2D eigenvalue weighted by Gasteiger charge is 2.31. The second kappa shape index (κ2) is 11.5. The van der Waals surface area contributed by atoms with Crippen molar-refractivity contribution < 1.29 is 32.2 Å². The fraction of sp³-hybridized carbons (Fsp3) is 0.500. The molecule has 12 heteroatoms. The van der Waals surface area contributed by atoms with Crippen LogP contribution < -0.4 is 14.8 Å². The number of likely N-dealkylation sites (tertiary alicyclic amines) is 1. The Labute approximate surface area is 199 Å². The van der Waals surface area contributed by atoms with E-state index in [1.165, 1.54) is 23.5 Å². The van der Waals surface area contributed by atoms with Crippen molar-refractivity contribution in [3.63, 3.8) is 0 Å². The summed E-state index contributed by atoms with van der Waals surface area (Å²) in [5.41, 5.74) is 0.367. The van der Waals surface area contributed by atoms with Crippen LogP contribution in [-0.4, -0.2) is 71.8 Å². The van der Waals surface area contributed by atoms with Gasteiger partial charge in [-0.2, -0.15) is 0 Å². The van der Waals surface area contributed by atoms with Gasteiger partial charge in [-0.05, 0) is 43.8 Å². The summed E-state index contributed by atoms with van der Waals surface area (Å²) in [6.07, 6.45) is -3.83. The molecule has 1 saturated heterocycles. The van der Waals surface area contributed by atoms with E-state index in [-0.39, 0.29) is 30.6 Å². The zero-order valence-corrected chi connectivity index (χ0v) is 19.7. The maximum Gasteiger partial charge on any atom is 0.573 e. The Hall–Kier alpha value is -2.86. The molecule has 2 aromatic rings. The van der Waals surface area contributed by atoms with Gasteiger partial charge in [-0.15, -0.1) is 24.5 Å². The first-order chi connectivity index (χ1) is 16.2. The molecular formula is C22H27F3N4O4S. The third-order valence-corrected chi connectivity index (χ3v) is 6.26. The van der Waals surface area contributed by atoms with Crippen LogP contribution in [0.3, 0.4) is 0 Å². The van der Waals surface area contributed by atoms with Crippen LogP contribution in [0.1, 0.15) is 35.8 Å². The Kier molecular flexibility index (Phi) is 8.72. The van der Waals surface area contributed by atoms with Gasteiger partial charge in [0.15, 0.2) is 6.61 Å². The summed E-state index contributed by atoms with van der Waals surface area (Å²) >= 11 is 1.28. The van der Waals surface area contributed by atoms with Crippen LogP contribution in [-0.2, 0) is 11.3 Å². The first-order valence-corrected chi connectivity index (χ1v) is 11.8. The standard InChI is InChI=1S/C22H27F3N4O4S/c1-3-28(4-2)15-9-10-29(12-15)21(31)18-14-34-20(27-18)11-26-19(30)13-32-16-5-7-17(8-6-16)33-22(23,24)25/h5-8,14-15H,3-4,9-13H2,1-2H3,(H,26,30). The monoisotopic (exact) mass is 500 g/mol. The lowest BCUT2D eigenvalue weighted by Gasteiger charge is -2.25. The molecule has 0 saturated carbocycles. The first-order valence-electron chi connectivity index (χ1n) is 10.9. The summed E-state index contributed by atoms with van der Waals surface area (Å²) in [5, 5.41) is 4.93. The van der Waals surface area contributed by atoms with Crippen molar-refractivity contribution in [1.82, 2.24) is 20.1 Å². The van der Waals surface area contributed by atoms with E-state index in [1.54, 1.807) is 5.38 Å². The summed E-state index contributed by atoms with van der Waals surface area (Å²) < 4.78 is 45.6. The molecule has 2 amide bonds. The van der Waals surface area contributed by atoms with Crippen molar-refractivity contribution in [2.45, 2.75) is 39.2 Å². The minimum Gasteiger partial charge on any atom is -0.484 e. The number of nitrogens with one attached hydrogen (secondary N) is 1. The van der Waals surface area contributed by atoms with E-state index < -0.39 is 12.3 Å². The summed E-state index contributed by atoms with van der Waals surface area (Å²) in [4.78, 5) is 33.3. The second-order valence-electron chi connectivity index (χ2n) is 7.63. The number of aromatic nitrogens is 1. The van der Waals surface area contributed by atoms with Crippen LogP contribution in [0.5, 0.6) is 11.5 Å². The van der Waals surface area contributed by atoms with Gasteiger partial charge in [0, 0.05) is 24.5 Å². The number of benzene rings is 1. The number of thiazole rings is 1. The molecule has 0 radical (unpaired) electrons. The molecule has 1 aromatic carbocycles. The summed E-state index contributed by atoms with van der Waals surface area (Å²) in [5.74, 6) is -0.693. The molecule has 1 aliphatic rings. The number of hydrogen-bond donors (Lipinski definition) is 1. The predicted molar refractivity (Wildman–Crippen MR) is 120 cm³/mol. The van der Waals surface area contributed by atoms with Gasteiger partial charge in [0.25, 0.3) is 11.8 Å². The van der Waals surface area contributed by atoms with Crippen molar-refractivity contribution >= 4 is 23.2 Å². The van der Waals surface area contributed by atoms with E-state index in [0.29, 0.717) is 29.8 Å². The number of halogens is 3. The van der Waals surface area contributed by atoms with Crippen molar-refractivity contribution in [3.05, 3.63) is 40.3 Å². The van der Waals surface area contributed by atoms with Crippen LogP contribution in [0.15, 0.2) is 29.6 Å². The van der Waals surface area contributed by atoms with Crippen LogP contribution in [0.25, 0.3) is 0 Å². The van der Waals surface area contributed by atoms with Gasteiger partial charge in [0.05, 0.1) is 6.54 Å². The number of ether oxygens (including phenoxy) is 2. The molecule has 1 aromatic heterocycles. The number of amides is 2. The molecule has 0 aliphatic carbocycles. The number of carbonyl (C=O) groups excluding carboxylic acids is 2.